The van der Waals surface area contributed by atoms with Gasteiger partial charge in [0.05, 0.1) is 6.54 Å². The first kappa shape index (κ1) is 10.9. The van der Waals surface area contributed by atoms with Crippen LogP contribution >= 0.6 is 0 Å². The standard InChI is InChI=1S/C9H9FN2O3S/c10-7-3-1-2-4-8(7)16(14,15)12-6-5-11-9(12)13/h1-4H,5-6H2,(H,11,13). The number of carbonyl (C=O) groups is 1. The number of hydrogen-bond donors (Lipinski definition) is 1. The molecule has 0 unspecified atom stereocenters. The first-order valence-corrected chi connectivity index (χ1v) is 6.02. The molecule has 7 heteroatoms. The van der Waals surface area contributed by atoms with E-state index in [4.69, 9.17) is 0 Å². The summed E-state index contributed by atoms with van der Waals surface area (Å²) in [6.07, 6.45) is 0. The summed E-state index contributed by atoms with van der Waals surface area (Å²) >= 11 is 0. The number of nitrogens with one attached hydrogen (secondary N) is 1. The van der Waals surface area contributed by atoms with E-state index in [0.717, 1.165) is 12.1 Å². The van der Waals surface area contributed by atoms with Crippen LogP contribution in [0.5, 0.6) is 0 Å². The molecule has 86 valence electrons. The van der Waals surface area contributed by atoms with Gasteiger partial charge in [-0.25, -0.2) is 21.9 Å². The smallest absolute Gasteiger partial charge is 0.331 e. The molecule has 5 nitrogen and oxygen atoms in total. The van der Waals surface area contributed by atoms with Crippen molar-refractivity contribution < 1.29 is 17.6 Å². The lowest BCUT2D eigenvalue weighted by atomic mass is 10.4. The summed E-state index contributed by atoms with van der Waals surface area (Å²) in [5, 5.41) is 2.35. The van der Waals surface area contributed by atoms with Crippen LogP contribution in [0.2, 0.25) is 0 Å². The minimum absolute atomic E-state index is 0.0233. The fourth-order valence-electron chi connectivity index (χ4n) is 1.46. The van der Waals surface area contributed by atoms with Crippen molar-refractivity contribution in [3.8, 4) is 0 Å². The van der Waals surface area contributed by atoms with Crippen LogP contribution in [0.15, 0.2) is 29.2 Å². The van der Waals surface area contributed by atoms with Crippen molar-refractivity contribution in [3.63, 3.8) is 0 Å². The first-order chi connectivity index (χ1) is 7.53. The maximum Gasteiger partial charge on any atom is 0.331 e. The molecular formula is C9H9FN2O3S. The van der Waals surface area contributed by atoms with Gasteiger partial charge in [-0.05, 0) is 12.1 Å². The third-order valence-corrected chi connectivity index (χ3v) is 4.04. The molecular weight excluding hydrogens is 235 g/mol. The Morgan fingerprint density at radius 2 is 2.00 bits per heavy atom. The number of hydrogen-bond acceptors (Lipinski definition) is 3. The van der Waals surface area contributed by atoms with Gasteiger partial charge in [-0.1, -0.05) is 12.1 Å². The van der Waals surface area contributed by atoms with Crippen LogP contribution in [0.4, 0.5) is 9.18 Å². The van der Waals surface area contributed by atoms with E-state index >= 15 is 0 Å². The Kier molecular flexibility index (Phi) is 2.55. The van der Waals surface area contributed by atoms with Gasteiger partial charge in [0.1, 0.15) is 10.7 Å². The number of sulfonamides is 1. The largest absolute Gasteiger partial charge is 0.335 e. The molecule has 1 aliphatic heterocycles. The van der Waals surface area contributed by atoms with Crippen LogP contribution in [0.1, 0.15) is 0 Å². The predicted octanol–water partition coefficient (Wildman–Crippen LogP) is 0.540. The van der Waals surface area contributed by atoms with Gasteiger partial charge in [0, 0.05) is 6.54 Å². The highest BCUT2D eigenvalue weighted by Gasteiger charge is 2.34. The lowest BCUT2D eigenvalue weighted by molar-refractivity contribution is 0.235. The zero-order valence-corrected chi connectivity index (χ0v) is 9.00. The Balaban J connectivity index is 2.47. The molecule has 2 amide bonds. The maximum atomic E-state index is 13.3. The molecule has 2 rings (SSSR count). The Morgan fingerprint density at radius 1 is 1.31 bits per heavy atom. The monoisotopic (exact) mass is 244 g/mol. The lowest BCUT2D eigenvalue weighted by Gasteiger charge is -2.14. The van der Waals surface area contributed by atoms with Gasteiger partial charge in [-0.2, -0.15) is 0 Å². The van der Waals surface area contributed by atoms with Crippen molar-refractivity contribution in [2.24, 2.45) is 0 Å². The van der Waals surface area contributed by atoms with Gasteiger partial charge in [-0.3, -0.25) is 0 Å². The minimum atomic E-state index is -4.07. The summed E-state index contributed by atoms with van der Waals surface area (Å²) in [5.74, 6) is -0.859. The van der Waals surface area contributed by atoms with E-state index in [9.17, 15) is 17.6 Å². The van der Waals surface area contributed by atoms with E-state index in [1.54, 1.807) is 0 Å². The third kappa shape index (κ3) is 1.63. The summed E-state index contributed by atoms with van der Waals surface area (Å²) in [6, 6.07) is 4.25. The summed E-state index contributed by atoms with van der Waals surface area (Å²) < 4.78 is 37.7. The summed E-state index contributed by atoms with van der Waals surface area (Å²) in [5.41, 5.74) is 0. The van der Waals surface area contributed by atoms with E-state index < -0.39 is 26.8 Å². The highest BCUT2D eigenvalue weighted by atomic mass is 32.2. The van der Waals surface area contributed by atoms with Crippen molar-refractivity contribution >= 4 is 16.1 Å². The van der Waals surface area contributed by atoms with Gasteiger partial charge < -0.3 is 5.32 Å². The van der Waals surface area contributed by atoms with Crippen LogP contribution in [0.25, 0.3) is 0 Å². The quantitative estimate of drug-likeness (QED) is 0.825. The van der Waals surface area contributed by atoms with Crippen LogP contribution < -0.4 is 5.32 Å². The van der Waals surface area contributed by atoms with Crippen LogP contribution in [-0.4, -0.2) is 31.8 Å². The lowest BCUT2D eigenvalue weighted by Crippen LogP contribution is -2.34. The van der Waals surface area contributed by atoms with E-state index in [1.807, 2.05) is 0 Å². The molecule has 16 heavy (non-hydrogen) atoms. The fraction of sp³-hybridized carbons (Fsp3) is 0.222. The molecule has 0 radical (unpaired) electrons. The Hall–Kier alpha value is -1.63. The van der Waals surface area contributed by atoms with Gasteiger partial charge in [0.2, 0.25) is 0 Å². The highest BCUT2D eigenvalue weighted by molar-refractivity contribution is 7.89. The molecule has 0 aromatic heterocycles. The van der Waals surface area contributed by atoms with Crippen LogP contribution in [0.3, 0.4) is 0 Å². The van der Waals surface area contributed by atoms with Crippen molar-refractivity contribution in [2.75, 3.05) is 13.1 Å². The molecule has 1 aromatic carbocycles. The van der Waals surface area contributed by atoms with Gasteiger partial charge >= 0.3 is 6.03 Å². The van der Waals surface area contributed by atoms with E-state index in [-0.39, 0.29) is 13.1 Å². The molecule has 1 saturated heterocycles. The molecule has 0 atom stereocenters. The minimum Gasteiger partial charge on any atom is -0.335 e. The maximum absolute atomic E-state index is 13.3. The second-order valence-corrected chi connectivity index (χ2v) is 5.07. The Labute approximate surface area is 91.9 Å². The average Bonchev–Trinajstić information content (AvgIpc) is 2.65. The predicted molar refractivity (Wildman–Crippen MR) is 53.7 cm³/mol. The summed E-state index contributed by atoms with van der Waals surface area (Å²) in [6.45, 7) is 0.266. The average molecular weight is 244 g/mol. The fourth-order valence-corrected chi connectivity index (χ4v) is 2.87. The summed E-state index contributed by atoms with van der Waals surface area (Å²) in [7, 11) is -4.07. The second-order valence-electron chi connectivity index (χ2n) is 3.24. The molecule has 1 heterocycles. The number of nitrogens with zero attached hydrogens (tertiary/aromatic N) is 1. The molecule has 1 aromatic rings. The molecule has 0 spiro atoms. The zero-order valence-electron chi connectivity index (χ0n) is 8.18. The van der Waals surface area contributed by atoms with Crippen molar-refractivity contribution in [1.82, 2.24) is 9.62 Å². The Bertz CT molecular complexity index is 529. The molecule has 1 fully saturated rings. The normalized spacial score (nSPS) is 16.3. The van der Waals surface area contributed by atoms with E-state index in [1.165, 1.54) is 12.1 Å². The van der Waals surface area contributed by atoms with E-state index in [0.29, 0.717) is 4.31 Å². The second kappa shape index (κ2) is 3.75. The molecule has 0 aliphatic carbocycles. The molecule has 1 aliphatic rings. The number of rotatable bonds is 2. The number of amides is 2. The third-order valence-electron chi connectivity index (χ3n) is 2.22. The van der Waals surface area contributed by atoms with Crippen molar-refractivity contribution in [2.45, 2.75) is 4.90 Å². The number of urea groups is 1. The highest BCUT2D eigenvalue weighted by Crippen LogP contribution is 2.19. The van der Waals surface area contributed by atoms with Gasteiger partial charge in [0.15, 0.2) is 0 Å². The van der Waals surface area contributed by atoms with E-state index in [2.05, 4.69) is 5.32 Å². The SMILES string of the molecule is O=C1NCCN1S(=O)(=O)c1ccccc1F. The van der Waals surface area contributed by atoms with Crippen molar-refractivity contribution in [1.29, 1.82) is 0 Å². The number of halogens is 1. The molecule has 0 bridgehead atoms. The molecule has 0 saturated carbocycles. The van der Waals surface area contributed by atoms with Gasteiger partial charge in [-0.15, -0.1) is 0 Å². The summed E-state index contributed by atoms with van der Waals surface area (Å²) in [4.78, 5) is 10.7. The van der Waals surface area contributed by atoms with Crippen LogP contribution in [-0.2, 0) is 10.0 Å². The van der Waals surface area contributed by atoms with Crippen LogP contribution in [0, 0.1) is 5.82 Å². The van der Waals surface area contributed by atoms with Crippen molar-refractivity contribution in [3.05, 3.63) is 30.1 Å². The zero-order chi connectivity index (χ0) is 11.8. The Morgan fingerprint density at radius 3 is 2.56 bits per heavy atom. The topological polar surface area (TPSA) is 66.5 Å². The van der Waals surface area contributed by atoms with Gasteiger partial charge in [0.25, 0.3) is 10.0 Å². The molecule has 1 N–H and O–H groups in total. The number of benzene rings is 1. The number of carbonyl (C=O) groups excluding carboxylic acids is 1. The first-order valence-electron chi connectivity index (χ1n) is 4.58.